The molecule has 0 heterocycles. The lowest BCUT2D eigenvalue weighted by atomic mass is 10.1. The van der Waals surface area contributed by atoms with Crippen molar-refractivity contribution in [3.63, 3.8) is 0 Å². The molecule has 0 N–H and O–H groups in total. The van der Waals surface area contributed by atoms with E-state index in [0.717, 1.165) is 5.33 Å². The van der Waals surface area contributed by atoms with Crippen molar-refractivity contribution in [2.24, 2.45) is 5.92 Å². The predicted octanol–water partition coefficient (Wildman–Crippen LogP) is 4.43. The Morgan fingerprint density at radius 2 is 1.64 bits per heavy atom. The van der Waals surface area contributed by atoms with Gasteiger partial charge in [-0.1, -0.05) is 43.6 Å². The van der Waals surface area contributed by atoms with Gasteiger partial charge in [0.2, 0.25) is 0 Å². The average molecular weight is 281 g/mol. The van der Waals surface area contributed by atoms with Crippen LogP contribution in [-0.4, -0.2) is 19.8 Å². The monoisotopic (exact) mass is 280 g/mol. The fraction of sp³-hybridized carbons (Fsp3) is 1.00. The Labute approximate surface area is 98.9 Å². The minimum Gasteiger partial charge on any atom is -0.414 e. The van der Waals surface area contributed by atoms with E-state index < -0.39 is 8.32 Å². The van der Waals surface area contributed by atoms with Gasteiger partial charge >= 0.3 is 0 Å². The summed E-state index contributed by atoms with van der Waals surface area (Å²) in [6, 6.07) is 0. The summed E-state index contributed by atoms with van der Waals surface area (Å²) in [6.45, 7) is 15.9. The first-order chi connectivity index (χ1) is 6.12. The fourth-order valence-corrected chi connectivity index (χ4v) is 2.92. The van der Waals surface area contributed by atoms with E-state index in [2.05, 4.69) is 63.6 Å². The second-order valence-corrected chi connectivity index (χ2v) is 11.1. The second kappa shape index (κ2) is 5.13. The first-order valence-electron chi connectivity index (χ1n) is 5.35. The zero-order chi connectivity index (χ0) is 11.6. The van der Waals surface area contributed by atoms with Crippen LogP contribution >= 0.6 is 15.9 Å². The van der Waals surface area contributed by atoms with E-state index in [0.29, 0.717) is 17.1 Å². The molecular weight excluding hydrogens is 256 g/mol. The van der Waals surface area contributed by atoms with Gasteiger partial charge < -0.3 is 4.43 Å². The first kappa shape index (κ1) is 14.7. The molecule has 0 aromatic rings. The largest absolute Gasteiger partial charge is 0.414 e. The van der Waals surface area contributed by atoms with Gasteiger partial charge in [-0.15, -0.1) is 0 Å². The third-order valence-electron chi connectivity index (χ3n) is 3.33. The van der Waals surface area contributed by atoms with Gasteiger partial charge in [-0.2, -0.15) is 0 Å². The maximum Gasteiger partial charge on any atom is 0.192 e. The van der Waals surface area contributed by atoms with Crippen LogP contribution in [0.15, 0.2) is 0 Å². The molecule has 86 valence electrons. The summed E-state index contributed by atoms with van der Waals surface area (Å²) in [4.78, 5) is 0. The van der Waals surface area contributed by atoms with Gasteiger partial charge in [-0.3, -0.25) is 0 Å². The van der Waals surface area contributed by atoms with Crippen LogP contribution in [0.3, 0.4) is 0 Å². The lowest BCUT2D eigenvalue weighted by Gasteiger charge is -2.39. The van der Waals surface area contributed by atoms with Crippen molar-refractivity contribution in [2.45, 2.75) is 58.9 Å². The minimum atomic E-state index is -1.57. The molecule has 0 aliphatic heterocycles. The summed E-state index contributed by atoms with van der Waals surface area (Å²) in [5, 5.41) is 1.33. The maximum absolute atomic E-state index is 6.26. The van der Waals surface area contributed by atoms with Crippen LogP contribution in [0.4, 0.5) is 0 Å². The molecule has 1 nitrogen and oxygen atoms in total. The third kappa shape index (κ3) is 4.03. The summed E-state index contributed by atoms with van der Waals surface area (Å²) in [5.41, 5.74) is 0. The van der Waals surface area contributed by atoms with Gasteiger partial charge in [-0.25, -0.2) is 0 Å². The van der Waals surface area contributed by atoms with Gasteiger partial charge in [0.05, 0.1) is 0 Å². The van der Waals surface area contributed by atoms with Crippen molar-refractivity contribution >= 4 is 24.2 Å². The Hall–Kier alpha value is 0.657. The molecule has 0 aromatic heterocycles. The highest BCUT2D eigenvalue weighted by molar-refractivity contribution is 9.09. The van der Waals surface area contributed by atoms with Crippen LogP contribution in [0, 0.1) is 5.92 Å². The number of halogens is 1. The zero-order valence-corrected chi connectivity index (χ0v) is 13.2. The first-order valence-corrected chi connectivity index (χ1v) is 9.38. The molecule has 0 saturated heterocycles. The number of rotatable bonds is 4. The Balaban J connectivity index is 4.36. The minimum absolute atomic E-state index is 0.313. The van der Waals surface area contributed by atoms with Gasteiger partial charge in [0.25, 0.3) is 0 Å². The van der Waals surface area contributed by atoms with Crippen LogP contribution in [0.5, 0.6) is 0 Å². The van der Waals surface area contributed by atoms with Crippen LogP contribution in [0.2, 0.25) is 18.1 Å². The molecule has 14 heavy (non-hydrogen) atoms. The van der Waals surface area contributed by atoms with Crippen LogP contribution in [0.1, 0.15) is 34.6 Å². The summed E-state index contributed by atoms with van der Waals surface area (Å²) in [5.74, 6) is 0.587. The molecule has 2 atom stereocenters. The van der Waals surface area contributed by atoms with E-state index in [-0.39, 0.29) is 0 Å². The van der Waals surface area contributed by atoms with Crippen molar-refractivity contribution in [1.29, 1.82) is 0 Å². The third-order valence-corrected chi connectivity index (χ3v) is 8.93. The smallest absolute Gasteiger partial charge is 0.192 e. The Morgan fingerprint density at radius 3 is 1.93 bits per heavy atom. The van der Waals surface area contributed by atoms with E-state index >= 15 is 0 Å². The van der Waals surface area contributed by atoms with E-state index in [1.165, 1.54) is 0 Å². The summed E-state index contributed by atoms with van der Waals surface area (Å²) in [6.07, 6.45) is 0.357. The Bertz CT molecular complexity index is 175. The lowest BCUT2D eigenvalue weighted by molar-refractivity contribution is 0.154. The van der Waals surface area contributed by atoms with Crippen LogP contribution < -0.4 is 0 Å². The van der Waals surface area contributed by atoms with E-state index in [1.807, 2.05) is 0 Å². The quantitative estimate of drug-likeness (QED) is 0.547. The van der Waals surface area contributed by atoms with Crippen molar-refractivity contribution in [1.82, 2.24) is 0 Å². The second-order valence-electron chi connectivity index (χ2n) is 5.71. The number of alkyl halides is 1. The summed E-state index contributed by atoms with van der Waals surface area (Å²) in [7, 11) is -1.57. The molecule has 0 amide bonds. The van der Waals surface area contributed by atoms with Gasteiger partial charge in [-0.05, 0) is 31.0 Å². The highest BCUT2D eigenvalue weighted by Gasteiger charge is 2.38. The molecule has 2 unspecified atom stereocenters. The standard InChI is InChI=1S/C11H25BrOSi/c1-9(8-12)10(2)13-14(6,7)11(3,4)5/h9-10H,8H2,1-7H3. The zero-order valence-electron chi connectivity index (χ0n) is 10.6. The Kier molecular flexibility index (Phi) is 5.37. The lowest BCUT2D eigenvalue weighted by Crippen LogP contribution is -2.44. The highest BCUT2D eigenvalue weighted by atomic mass is 79.9. The van der Waals surface area contributed by atoms with Crippen LogP contribution in [-0.2, 0) is 4.43 Å². The van der Waals surface area contributed by atoms with Gasteiger partial charge in [0.1, 0.15) is 0 Å². The van der Waals surface area contributed by atoms with E-state index in [4.69, 9.17) is 4.43 Å². The molecule has 3 heteroatoms. The topological polar surface area (TPSA) is 9.23 Å². The normalized spacial score (nSPS) is 18.0. The van der Waals surface area contributed by atoms with Gasteiger partial charge in [0.15, 0.2) is 8.32 Å². The van der Waals surface area contributed by atoms with Crippen LogP contribution in [0.25, 0.3) is 0 Å². The number of hydrogen-bond donors (Lipinski definition) is 0. The summed E-state index contributed by atoms with van der Waals surface area (Å²) < 4.78 is 6.26. The van der Waals surface area contributed by atoms with Gasteiger partial charge in [0, 0.05) is 11.4 Å². The summed E-state index contributed by atoms with van der Waals surface area (Å²) >= 11 is 3.51. The fourth-order valence-electron chi connectivity index (χ4n) is 0.883. The molecule has 0 aromatic carbocycles. The van der Waals surface area contributed by atoms with Crippen molar-refractivity contribution < 1.29 is 4.43 Å². The molecule has 0 aliphatic rings. The molecule has 0 saturated carbocycles. The number of hydrogen-bond acceptors (Lipinski definition) is 1. The molecule has 0 bridgehead atoms. The van der Waals surface area contributed by atoms with E-state index in [1.54, 1.807) is 0 Å². The van der Waals surface area contributed by atoms with Crippen molar-refractivity contribution in [3.8, 4) is 0 Å². The maximum atomic E-state index is 6.26. The Morgan fingerprint density at radius 1 is 1.21 bits per heavy atom. The van der Waals surface area contributed by atoms with Crippen molar-refractivity contribution in [2.75, 3.05) is 5.33 Å². The predicted molar refractivity (Wildman–Crippen MR) is 70.7 cm³/mol. The molecule has 0 aliphatic carbocycles. The average Bonchev–Trinajstić information content (AvgIpc) is 2.00. The molecular formula is C11H25BrOSi. The molecule has 0 rings (SSSR count). The highest BCUT2D eigenvalue weighted by Crippen LogP contribution is 2.38. The molecule has 0 radical (unpaired) electrons. The SMILES string of the molecule is CC(CBr)C(C)O[Si](C)(C)C(C)(C)C. The van der Waals surface area contributed by atoms with E-state index in [9.17, 15) is 0 Å². The molecule has 0 spiro atoms. The molecule has 0 fully saturated rings. The van der Waals surface area contributed by atoms with Crippen molar-refractivity contribution in [3.05, 3.63) is 0 Å².